The van der Waals surface area contributed by atoms with Crippen LogP contribution in [0.2, 0.25) is 0 Å². The van der Waals surface area contributed by atoms with Crippen molar-refractivity contribution >= 4 is 17.7 Å². The molecular formula is C26H33NO5. The topological polar surface area (TPSA) is 82.6 Å². The molecule has 32 heavy (non-hydrogen) atoms. The van der Waals surface area contributed by atoms with E-state index in [0.29, 0.717) is 23.4 Å². The molecule has 0 radical (unpaired) electrons. The Bertz CT molecular complexity index is 927. The molecule has 6 rings (SSSR count). The number of aryl methyl sites for hydroxylation is 1. The Hall–Kier alpha value is -2.24. The molecule has 4 saturated carbocycles. The number of carbonyl (C=O) groups is 3. The summed E-state index contributed by atoms with van der Waals surface area (Å²) in [6.07, 6.45) is 7.23. The van der Waals surface area contributed by atoms with Crippen LogP contribution in [0.1, 0.15) is 79.7 Å². The summed E-state index contributed by atoms with van der Waals surface area (Å²) < 4.78 is 10.6. The summed E-state index contributed by atoms with van der Waals surface area (Å²) in [5.41, 5.74) is 1.31. The molecule has 0 aromatic carbocycles. The van der Waals surface area contributed by atoms with Crippen LogP contribution in [0.3, 0.4) is 0 Å². The minimum absolute atomic E-state index is 0.173. The normalized spacial score (nSPS) is 31.3. The summed E-state index contributed by atoms with van der Waals surface area (Å²) in [7, 11) is 0. The van der Waals surface area contributed by atoms with Gasteiger partial charge in [0.05, 0.1) is 13.2 Å². The second kappa shape index (κ2) is 7.67. The summed E-state index contributed by atoms with van der Waals surface area (Å²) in [5, 5.41) is 0. The van der Waals surface area contributed by atoms with Crippen LogP contribution in [-0.4, -0.2) is 35.9 Å². The van der Waals surface area contributed by atoms with Crippen molar-refractivity contribution in [3.8, 4) is 0 Å². The smallest absolute Gasteiger partial charge is 0.324 e. The summed E-state index contributed by atoms with van der Waals surface area (Å²) >= 11 is 0. The maximum Gasteiger partial charge on any atom is 0.324 e. The average Bonchev–Trinajstić information content (AvgIpc) is 3.14. The van der Waals surface area contributed by atoms with E-state index in [9.17, 15) is 14.4 Å². The van der Waals surface area contributed by atoms with Gasteiger partial charge in [0.1, 0.15) is 5.69 Å². The van der Waals surface area contributed by atoms with E-state index in [2.05, 4.69) is 0 Å². The number of Topliss-reactive ketones (excluding diaryl/α,β-unsaturated/α-hetero) is 1. The van der Waals surface area contributed by atoms with Crippen LogP contribution in [0.5, 0.6) is 0 Å². The molecule has 0 amide bonds. The number of pyridine rings is 1. The number of hydrogen-bond acceptors (Lipinski definition) is 6. The first-order valence-corrected chi connectivity index (χ1v) is 12.2. The molecule has 6 nitrogen and oxygen atoms in total. The third kappa shape index (κ3) is 3.20. The van der Waals surface area contributed by atoms with E-state index in [4.69, 9.17) is 14.5 Å². The number of rotatable bonds is 6. The molecule has 172 valence electrons. The Morgan fingerprint density at radius 3 is 1.97 bits per heavy atom. The van der Waals surface area contributed by atoms with Crippen LogP contribution in [0, 0.1) is 35.5 Å². The van der Waals surface area contributed by atoms with Gasteiger partial charge in [0.2, 0.25) is 0 Å². The second-order valence-corrected chi connectivity index (χ2v) is 10.6. The van der Waals surface area contributed by atoms with Gasteiger partial charge in [0.25, 0.3) is 0 Å². The molecule has 0 atom stereocenters. The molecule has 4 fully saturated rings. The molecule has 0 N–H and O–H groups in total. The Balaban J connectivity index is 1.48. The molecule has 1 aromatic rings. The van der Waals surface area contributed by atoms with Gasteiger partial charge >= 0.3 is 11.9 Å². The number of fused-ring (bicyclic) bond motifs is 1. The fraction of sp³-hybridized carbons (Fsp3) is 0.692. The van der Waals surface area contributed by atoms with Gasteiger partial charge in [-0.05, 0) is 101 Å². The van der Waals surface area contributed by atoms with E-state index in [1.807, 2.05) is 13.0 Å². The van der Waals surface area contributed by atoms with Gasteiger partial charge in [-0.1, -0.05) is 0 Å². The predicted molar refractivity (Wildman–Crippen MR) is 117 cm³/mol. The van der Waals surface area contributed by atoms with Crippen molar-refractivity contribution in [3.63, 3.8) is 0 Å². The van der Waals surface area contributed by atoms with Crippen molar-refractivity contribution in [2.45, 2.75) is 72.1 Å². The summed E-state index contributed by atoms with van der Waals surface area (Å²) in [5.74, 6) is 1.11. The highest BCUT2D eigenvalue weighted by molar-refractivity contribution is 6.02. The molecule has 0 saturated heterocycles. The molecule has 0 unspecified atom stereocenters. The zero-order valence-electron chi connectivity index (χ0n) is 19.4. The zero-order valence-corrected chi connectivity index (χ0v) is 19.4. The number of aromatic nitrogens is 1. The maximum atomic E-state index is 13.8. The lowest BCUT2D eigenvalue weighted by Gasteiger charge is -2.55. The highest BCUT2D eigenvalue weighted by Crippen LogP contribution is 2.61. The van der Waals surface area contributed by atoms with Crippen LogP contribution in [-0.2, 0) is 31.9 Å². The molecule has 6 heteroatoms. The van der Waals surface area contributed by atoms with Gasteiger partial charge in [-0.3, -0.25) is 14.4 Å². The van der Waals surface area contributed by atoms with Crippen LogP contribution in [0.25, 0.3) is 0 Å². The van der Waals surface area contributed by atoms with Crippen LogP contribution in [0.4, 0.5) is 0 Å². The van der Waals surface area contributed by atoms with Gasteiger partial charge in [0.15, 0.2) is 11.2 Å². The fourth-order valence-corrected chi connectivity index (χ4v) is 7.54. The van der Waals surface area contributed by atoms with Gasteiger partial charge in [-0.15, -0.1) is 0 Å². The molecule has 0 aliphatic heterocycles. The number of esters is 2. The summed E-state index contributed by atoms with van der Waals surface area (Å²) in [6, 6.07) is 1.85. The molecule has 4 bridgehead atoms. The van der Waals surface area contributed by atoms with E-state index in [-0.39, 0.29) is 37.3 Å². The van der Waals surface area contributed by atoms with E-state index < -0.39 is 17.4 Å². The van der Waals surface area contributed by atoms with Crippen molar-refractivity contribution in [1.82, 2.24) is 4.98 Å². The van der Waals surface area contributed by atoms with Gasteiger partial charge in [-0.2, -0.15) is 0 Å². The van der Waals surface area contributed by atoms with Gasteiger partial charge in [0, 0.05) is 17.5 Å². The standard InChI is InChI=1S/C26H33NO5/c1-4-31-23(29)26(24(30)32-5-2)13-19-9-21(27-15(3)20(19)14-26)22(28)25-10-16-6-17(11-25)8-18(7-16)12-25/h9,16-18H,4-8,10-14H2,1-3H3. The minimum Gasteiger partial charge on any atom is -0.465 e. The lowest BCUT2D eigenvalue weighted by Crippen LogP contribution is -2.50. The Labute approximate surface area is 189 Å². The number of carbonyl (C=O) groups excluding carboxylic acids is 3. The largest absolute Gasteiger partial charge is 0.465 e. The third-order valence-corrected chi connectivity index (χ3v) is 8.48. The first-order valence-electron chi connectivity index (χ1n) is 12.2. The highest BCUT2D eigenvalue weighted by Gasteiger charge is 2.56. The molecule has 5 aliphatic carbocycles. The Kier molecular flexibility index (Phi) is 5.18. The van der Waals surface area contributed by atoms with Gasteiger partial charge < -0.3 is 9.47 Å². The quantitative estimate of drug-likeness (QED) is 0.379. The number of ketones is 1. The van der Waals surface area contributed by atoms with Crippen molar-refractivity contribution < 1.29 is 23.9 Å². The van der Waals surface area contributed by atoms with Crippen molar-refractivity contribution in [3.05, 3.63) is 28.6 Å². The molecule has 1 aromatic heterocycles. The number of ether oxygens (including phenoxy) is 2. The van der Waals surface area contributed by atoms with Crippen molar-refractivity contribution in [2.75, 3.05) is 13.2 Å². The molecule has 0 spiro atoms. The minimum atomic E-state index is -1.39. The number of hydrogen-bond donors (Lipinski definition) is 0. The van der Waals surface area contributed by atoms with Gasteiger partial charge in [-0.25, -0.2) is 4.98 Å². The van der Waals surface area contributed by atoms with Crippen molar-refractivity contribution in [2.24, 2.45) is 28.6 Å². The van der Waals surface area contributed by atoms with E-state index in [0.717, 1.165) is 36.1 Å². The lowest BCUT2D eigenvalue weighted by atomic mass is 9.48. The Morgan fingerprint density at radius 2 is 1.47 bits per heavy atom. The third-order valence-electron chi connectivity index (χ3n) is 8.48. The van der Waals surface area contributed by atoms with Crippen molar-refractivity contribution in [1.29, 1.82) is 0 Å². The van der Waals surface area contributed by atoms with Crippen LogP contribution < -0.4 is 0 Å². The number of nitrogens with zero attached hydrogens (tertiary/aromatic N) is 1. The molecule has 1 heterocycles. The molecular weight excluding hydrogens is 406 g/mol. The second-order valence-electron chi connectivity index (χ2n) is 10.6. The summed E-state index contributed by atoms with van der Waals surface area (Å²) in [6.45, 7) is 5.73. The molecule has 5 aliphatic rings. The van der Waals surface area contributed by atoms with E-state index in [1.165, 1.54) is 19.3 Å². The van der Waals surface area contributed by atoms with E-state index >= 15 is 0 Å². The van der Waals surface area contributed by atoms with Crippen LogP contribution in [0.15, 0.2) is 6.07 Å². The SMILES string of the molecule is CCOC(=O)C1(C(=O)OCC)Cc2cc(C(=O)C34CC5CC(CC(C5)C3)C4)nc(C)c2C1. The monoisotopic (exact) mass is 439 g/mol. The predicted octanol–water partition coefficient (Wildman–Crippen LogP) is 4.00. The highest BCUT2D eigenvalue weighted by atomic mass is 16.6. The lowest BCUT2D eigenvalue weighted by molar-refractivity contribution is -0.171. The first kappa shape index (κ1) is 21.6. The maximum absolute atomic E-state index is 13.8. The Morgan fingerprint density at radius 1 is 0.938 bits per heavy atom. The van der Waals surface area contributed by atoms with E-state index in [1.54, 1.807) is 13.8 Å². The first-order chi connectivity index (χ1) is 15.3. The van der Waals surface area contributed by atoms with Crippen LogP contribution >= 0.6 is 0 Å². The summed E-state index contributed by atoms with van der Waals surface area (Å²) in [4.78, 5) is 44.4. The zero-order chi connectivity index (χ0) is 22.7. The fourth-order valence-electron chi connectivity index (χ4n) is 7.54. The average molecular weight is 440 g/mol.